The smallest absolute Gasteiger partial charge is 0.0127 e. The maximum absolute atomic E-state index is 2.71. The lowest BCUT2D eigenvalue weighted by Crippen LogP contribution is -2.35. The Morgan fingerprint density at radius 2 is 2.00 bits per heavy atom. The third kappa shape index (κ3) is 1.20. The first-order chi connectivity index (χ1) is 5.29. The predicted octanol–water partition coefficient (Wildman–Crippen LogP) is 2.27. The van der Waals surface area contributed by atoms with E-state index < -0.39 is 0 Å². The number of likely N-dealkylation sites (tertiary alicyclic amines) is 1. The molecule has 0 aromatic heterocycles. The third-order valence-electron chi connectivity index (χ3n) is 3.47. The molecule has 0 unspecified atom stereocenters. The molecule has 0 aromatic carbocycles. The topological polar surface area (TPSA) is 3.24 Å². The summed E-state index contributed by atoms with van der Waals surface area (Å²) in [5.74, 6) is 1.07. The molecule has 64 valence electrons. The molecule has 1 heterocycles. The summed E-state index contributed by atoms with van der Waals surface area (Å²) in [7, 11) is 0. The molecule has 1 nitrogen and oxygen atoms in total. The third-order valence-corrected chi connectivity index (χ3v) is 3.47. The van der Waals surface area contributed by atoms with Crippen molar-refractivity contribution >= 4 is 0 Å². The largest absolute Gasteiger partial charge is 0.298 e. The zero-order valence-electron chi connectivity index (χ0n) is 7.71. The molecule has 1 heteroatoms. The van der Waals surface area contributed by atoms with Crippen LogP contribution in [0.15, 0.2) is 0 Å². The molecule has 1 saturated carbocycles. The Labute approximate surface area is 69.8 Å². The molecule has 11 heavy (non-hydrogen) atoms. The molecular weight excluding hydrogens is 134 g/mol. The van der Waals surface area contributed by atoms with Crippen LogP contribution in [-0.2, 0) is 0 Å². The Morgan fingerprint density at radius 1 is 1.18 bits per heavy atom. The van der Waals surface area contributed by atoms with Gasteiger partial charge >= 0.3 is 0 Å². The summed E-state index contributed by atoms with van der Waals surface area (Å²) in [5, 5.41) is 0. The second-order valence-electron chi connectivity index (χ2n) is 4.38. The van der Waals surface area contributed by atoms with Gasteiger partial charge in [0.05, 0.1) is 0 Å². The van der Waals surface area contributed by atoms with Gasteiger partial charge in [-0.15, -0.1) is 0 Å². The van der Waals surface area contributed by atoms with Crippen LogP contribution in [0.1, 0.15) is 39.5 Å². The lowest BCUT2D eigenvalue weighted by Gasteiger charge is -2.27. The van der Waals surface area contributed by atoms with Crippen LogP contribution >= 0.6 is 0 Å². The molecule has 0 aromatic rings. The fourth-order valence-electron chi connectivity index (χ4n) is 2.91. The number of rotatable bonds is 1. The molecular formula is C10H19N. The summed E-state index contributed by atoms with van der Waals surface area (Å²) in [4.78, 5) is 2.71. The minimum Gasteiger partial charge on any atom is -0.298 e. The van der Waals surface area contributed by atoms with Crippen molar-refractivity contribution in [3.8, 4) is 0 Å². The first kappa shape index (κ1) is 7.60. The van der Waals surface area contributed by atoms with E-state index >= 15 is 0 Å². The van der Waals surface area contributed by atoms with Gasteiger partial charge in [0.15, 0.2) is 0 Å². The Kier molecular flexibility index (Phi) is 1.92. The summed E-state index contributed by atoms with van der Waals surface area (Å²) in [6.45, 7) is 6.04. The van der Waals surface area contributed by atoms with Crippen LogP contribution in [0.25, 0.3) is 0 Å². The monoisotopic (exact) mass is 153 g/mol. The molecule has 0 amide bonds. The Bertz CT molecular complexity index is 142. The SMILES string of the molecule is CC(C)N1CC[C@@H]2CCC[C@@H]21. The van der Waals surface area contributed by atoms with Gasteiger partial charge in [0.1, 0.15) is 0 Å². The van der Waals surface area contributed by atoms with Crippen molar-refractivity contribution in [2.45, 2.75) is 51.6 Å². The molecule has 2 fully saturated rings. The molecule has 2 atom stereocenters. The van der Waals surface area contributed by atoms with E-state index in [0.29, 0.717) is 0 Å². The first-order valence-corrected chi connectivity index (χ1v) is 5.05. The van der Waals surface area contributed by atoms with Crippen molar-refractivity contribution in [3.05, 3.63) is 0 Å². The molecule has 0 radical (unpaired) electrons. The highest BCUT2D eigenvalue weighted by molar-refractivity contribution is 4.92. The van der Waals surface area contributed by atoms with Gasteiger partial charge in [-0.1, -0.05) is 6.42 Å². The molecule has 0 bridgehead atoms. The summed E-state index contributed by atoms with van der Waals surface area (Å²) >= 11 is 0. The summed E-state index contributed by atoms with van der Waals surface area (Å²) in [5.41, 5.74) is 0. The van der Waals surface area contributed by atoms with Crippen LogP contribution in [0.3, 0.4) is 0 Å². The molecule has 1 aliphatic carbocycles. The van der Waals surface area contributed by atoms with Gasteiger partial charge in [-0.2, -0.15) is 0 Å². The zero-order chi connectivity index (χ0) is 7.84. The maximum atomic E-state index is 2.71. The lowest BCUT2D eigenvalue weighted by molar-refractivity contribution is 0.194. The van der Waals surface area contributed by atoms with Gasteiger partial charge in [-0.25, -0.2) is 0 Å². The Balaban J connectivity index is 2.03. The van der Waals surface area contributed by atoms with Crippen LogP contribution in [0.4, 0.5) is 0 Å². The molecule has 0 spiro atoms. The second kappa shape index (κ2) is 2.78. The van der Waals surface area contributed by atoms with Crippen molar-refractivity contribution in [1.82, 2.24) is 4.90 Å². The average molecular weight is 153 g/mol. The minimum absolute atomic E-state index is 0.781. The highest BCUT2D eigenvalue weighted by atomic mass is 15.2. The van der Waals surface area contributed by atoms with Gasteiger partial charge in [0.25, 0.3) is 0 Å². The lowest BCUT2D eigenvalue weighted by atomic mass is 10.0. The molecule has 1 aliphatic heterocycles. The fourth-order valence-corrected chi connectivity index (χ4v) is 2.91. The van der Waals surface area contributed by atoms with E-state index in [0.717, 1.165) is 18.0 Å². The van der Waals surface area contributed by atoms with Crippen molar-refractivity contribution in [2.75, 3.05) is 6.54 Å². The number of fused-ring (bicyclic) bond motifs is 1. The van der Waals surface area contributed by atoms with E-state index in [-0.39, 0.29) is 0 Å². The van der Waals surface area contributed by atoms with Crippen LogP contribution in [0.5, 0.6) is 0 Å². The zero-order valence-corrected chi connectivity index (χ0v) is 7.71. The number of hydrogen-bond donors (Lipinski definition) is 0. The fraction of sp³-hybridized carbons (Fsp3) is 1.00. The Morgan fingerprint density at radius 3 is 2.73 bits per heavy atom. The van der Waals surface area contributed by atoms with Gasteiger partial charge in [-0.3, -0.25) is 4.90 Å². The highest BCUT2D eigenvalue weighted by Gasteiger charge is 2.37. The normalized spacial score (nSPS) is 38.5. The number of nitrogens with zero attached hydrogens (tertiary/aromatic N) is 1. The van der Waals surface area contributed by atoms with Gasteiger partial charge in [0, 0.05) is 12.1 Å². The second-order valence-corrected chi connectivity index (χ2v) is 4.38. The van der Waals surface area contributed by atoms with Crippen LogP contribution < -0.4 is 0 Å². The van der Waals surface area contributed by atoms with E-state index in [1.165, 1.54) is 32.2 Å². The Hall–Kier alpha value is -0.0400. The summed E-state index contributed by atoms with van der Waals surface area (Å²) in [6, 6.07) is 1.75. The highest BCUT2D eigenvalue weighted by Crippen LogP contribution is 2.38. The minimum atomic E-state index is 0.781. The van der Waals surface area contributed by atoms with Crippen LogP contribution in [0.2, 0.25) is 0 Å². The van der Waals surface area contributed by atoms with E-state index in [9.17, 15) is 0 Å². The van der Waals surface area contributed by atoms with Crippen molar-refractivity contribution < 1.29 is 0 Å². The van der Waals surface area contributed by atoms with Gasteiger partial charge in [0.2, 0.25) is 0 Å². The van der Waals surface area contributed by atoms with Crippen molar-refractivity contribution in [3.63, 3.8) is 0 Å². The number of hydrogen-bond acceptors (Lipinski definition) is 1. The summed E-state index contributed by atoms with van der Waals surface area (Å²) in [6.07, 6.45) is 5.94. The molecule has 2 aliphatic rings. The van der Waals surface area contributed by atoms with Crippen molar-refractivity contribution in [1.29, 1.82) is 0 Å². The molecule has 2 rings (SSSR count). The van der Waals surface area contributed by atoms with Crippen LogP contribution in [-0.4, -0.2) is 23.5 Å². The van der Waals surface area contributed by atoms with E-state index in [4.69, 9.17) is 0 Å². The molecule has 0 N–H and O–H groups in total. The molecule has 1 saturated heterocycles. The average Bonchev–Trinajstić information content (AvgIpc) is 2.41. The van der Waals surface area contributed by atoms with E-state index in [1.807, 2.05) is 0 Å². The summed E-state index contributed by atoms with van der Waals surface area (Å²) < 4.78 is 0. The first-order valence-electron chi connectivity index (χ1n) is 5.05. The quantitative estimate of drug-likeness (QED) is 0.558. The van der Waals surface area contributed by atoms with Crippen LogP contribution in [0, 0.1) is 5.92 Å². The predicted molar refractivity (Wildman–Crippen MR) is 47.6 cm³/mol. The maximum Gasteiger partial charge on any atom is 0.0127 e. The standard InChI is InChI=1S/C10H19N/c1-8(2)11-7-6-9-4-3-5-10(9)11/h8-10H,3-7H2,1-2H3/t9-,10-/m0/s1. The van der Waals surface area contributed by atoms with Gasteiger partial charge in [-0.05, 0) is 45.6 Å². The van der Waals surface area contributed by atoms with Gasteiger partial charge < -0.3 is 0 Å². The van der Waals surface area contributed by atoms with E-state index in [1.54, 1.807) is 0 Å². The van der Waals surface area contributed by atoms with Crippen molar-refractivity contribution in [2.24, 2.45) is 5.92 Å². The van der Waals surface area contributed by atoms with E-state index in [2.05, 4.69) is 18.7 Å².